The Hall–Kier alpha value is -3.23. The molecular formula is C18H21N7O2. The number of nitrogens with one attached hydrogen (secondary N) is 1. The zero-order valence-corrected chi connectivity index (χ0v) is 15.8. The van der Waals surface area contributed by atoms with Crippen LogP contribution in [0.15, 0.2) is 12.3 Å². The van der Waals surface area contributed by atoms with Crippen LogP contribution in [-0.2, 0) is 14.1 Å². The molecule has 1 saturated heterocycles. The van der Waals surface area contributed by atoms with Gasteiger partial charge in [-0.15, -0.1) is 0 Å². The summed E-state index contributed by atoms with van der Waals surface area (Å²) in [5.74, 6) is -0.163. The number of hydrogen-bond donors (Lipinski definition) is 1. The third kappa shape index (κ3) is 2.75. The third-order valence-electron chi connectivity index (χ3n) is 4.88. The molecular weight excluding hydrogens is 346 g/mol. The predicted molar refractivity (Wildman–Crippen MR) is 99.7 cm³/mol. The summed E-state index contributed by atoms with van der Waals surface area (Å²) in [4.78, 5) is 31.8. The van der Waals surface area contributed by atoms with Crippen LogP contribution >= 0.6 is 0 Å². The van der Waals surface area contributed by atoms with Crippen LogP contribution in [0.25, 0.3) is 11.0 Å². The lowest BCUT2D eigenvalue weighted by Gasteiger charge is -2.30. The fraction of sp³-hybridized carbons (Fsp3) is 0.389. The van der Waals surface area contributed by atoms with E-state index in [1.165, 1.54) is 10.9 Å². The highest BCUT2D eigenvalue weighted by atomic mass is 16.2. The van der Waals surface area contributed by atoms with Gasteiger partial charge in [0, 0.05) is 32.9 Å². The van der Waals surface area contributed by atoms with Crippen molar-refractivity contribution in [2.75, 3.05) is 18.4 Å². The SMILES string of the molecule is Cc1cc(C)c2c(NC(=O)c3c(C(=O)N4CCC4)cnn3C)nn(C)c2n1. The summed E-state index contributed by atoms with van der Waals surface area (Å²) in [7, 11) is 3.43. The Kier molecular flexibility index (Phi) is 3.94. The molecule has 0 spiro atoms. The topological polar surface area (TPSA) is 97.9 Å². The van der Waals surface area contributed by atoms with E-state index in [-0.39, 0.29) is 11.6 Å². The van der Waals surface area contributed by atoms with Gasteiger partial charge in [-0.2, -0.15) is 10.2 Å². The van der Waals surface area contributed by atoms with Crippen molar-refractivity contribution in [3.8, 4) is 0 Å². The first-order chi connectivity index (χ1) is 12.9. The fourth-order valence-electron chi connectivity index (χ4n) is 3.40. The van der Waals surface area contributed by atoms with Crippen molar-refractivity contribution in [1.29, 1.82) is 0 Å². The van der Waals surface area contributed by atoms with Gasteiger partial charge < -0.3 is 10.2 Å². The molecule has 2 amide bonds. The van der Waals surface area contributed by atoms with E-state index in [2.05, 4.69) is 20.5 Å². The van der Waals surface area contributed by atoms with Crippen LogP contribution in [0.3, 0.4) is 0 Å². The fourth-order valence-corrected chi connectivity index (χ4v) is 3.40. The van der Waals surface area contributed by atoms with E-state index in [1.807, 2.05) is 19.9 Å². The van der Waals surface area contributed by atoms with Crippen molar-refractivity contribution < 1.29 is 9.59 Å². The number of nitrogens with zero attached hydrogens (tertiary/aromatic N) is 6. The maximum Gasteiger partial charge on any atom is 0.275 e. The number of pyridine rings is 1. The van der Waals surface area contributed by atoms with Crippen molar-refractivity contribution in [2.45, 2.75) is 20.3 Å². The number of likely N-dealkylation sites (tertiary alicyclic amines) is 1. The summed E-state index contributed by atoms with van der Waals surface area (Å²) >= 11 is 0. The molecule has 0 radical (unpaired) electrons. The molecule has 1 aliphatic heterocycles. The van der Waals surface area contributed by atoms with Crippen LogP contribution < -0.4 is 5.32 Å². The zero-order chi connectivity index (χ0) is 19.3. The summed E-state index contributed by atoms with van der Waals surface area (Å²) in [6.07, 6.45) is 2.43. The Morgan fingerprint density at radius 2 is 1.89 bits per heavy atom. The van der Waals surface area contributed by atoms with Crippen molar-refractivity contribution in [2.24, 2.45) is 14.1 Å². The molecule has 0 aromatic carbocycles. The number of amides is 2. The van der Waals surface area contributed by atoms with Gasteiger partial charge in [-0.1, -0.05) is 0 Å². The second-order valence-electron chi connectivity index (χ2n) is 6.88. The van der Waals surface area contributed by atoms with Gasteiger partial charge in [0.2, 0.25) is 0 Å². The van der Waals surface area contributed by atoms with E-state index in [0.29, 0.717) is 30.1 Å². The lowest BCUT2D eigenvalue weighted by Crippen LogP contribution is -2.42. The molecule has 0 aliphatic carbocycles. The van der Waals surface area contributed by atoms with Crippen LogP contribution in [0.4, 0.5) is 5.82 Å². The molecule has 1 N–H and O–H groups in total. The number of carbonyl (C=O) groups is 2. The first kappa shape index (κ1) is 17.2. The number of aryl methyl sites for hydroxylation is 4. The standard InChI is InChI=1S/C18H21N7O2/c1-10-8-11(2)20-16-13(10)15(22-24(16)4)21-17(26)14-12(9-19-23(14)3)18(27)25-6-5-7-25/h8-9H,5-7H2,1-4H3,(H,21,22,26). The van der Waals surface area contributed by atoms with Crippen LogP contribution in [0.1, 0.15) is 38.5 Å². The number of carbonyl (C=O) groups excluding carboxylic acids is 2. The highest BCUT2D eigenvalue weighted by molar-refractivity contribution is 6.13. The van der Waals surface area contributed by atoms with Crippen molar-refractivity contribution in [3.05, 3.63) is 34.8 Å². The second-order valence-corrected chi connectivity index (χ2v) is 6.88. The van der Waals surface area contributed by atoms with E-state index in [4.69, 9.17) is 0 Å². The number of hydrogen-bond acceptors (Lipinski definition) is 5. The molecule has 27 heavy (non-hydrogen) atoms. The maximum absolute atomic E-state index is 13.0. The average Bonchev–Trinajstić information content (AvgIpc) is 3.06. The van der Waals surface area contributed by atoms with Gasteiger partial charge in [-0.05, 0) is 31.9 Å². The molecule has 140 valence electrons. The molecule has 0 bridgehead atoms. The second kappa shape index (κ2) is 6.19. The number of rotatable bonds is 3. The van der Waals surface area contributed by atoms with Gasteiger partial charge >= 0.3 is 0 Å². The highest BCUT2D eigenvalue weighted by Crippen LogP contribution is 2.26. The minimum Gasteiger partial charge on any atom is -0.338 e. The molecule has 0 unspecified atom stereocenters. The lowest BCUT2D eigenvalue weighted by molar-refractivity contribution is 0.0648. The van der Waals surface area contributed by atoms with Gasteiger partial charge in [0.1, 0.15) is 5.69 Å². The molecule has 4 heterocycles. The van der Waals surface area contributed by atoms with Crippen molar-refractivity contribution >= 4 is 28.7 Å². The number of anilines is 1. The van der Waals surface area contributed by atoms with Gasteiger partial charge in [0.05, 0.1) is 17.1 Å². The first-order valence-electron chi connectivity index (χ1n) is 8.80. The van der Waals surface area contributed by atoms with E-state index >= 15 is 0 Å². The van der Waals surface area contributed by atoms with Crippen LogP contribution in [0.5, 0.6) is 0 Å². The largest absolute Gasteiger partial charge is 0.338 e. The van der Waals surface area contributed by atoms with E-state index in [9.17, 15) is 9.59 Å². The Morgan fingerprint density at radius 3 is 2.56 bits per heavy atom. The molecule has 1 fully saturated rings. The molecule has 9 heteroatoms. The van der Waals surface area contributed by atoms with Gasteiger partial charge in [-0.25, -0.2) is 9.67 Å². The first-order valence-corrected chi connectivity index (χ1v) is 8.80. The minimum absolute atomic E-state index is 0.168. The third-order valence-corrected chi connectivity index (χ3v) is 4.88. The number of aromatic nitrogens is 5. The monoisotopic (exact) mass is 367 g/mol. The molecule has 4 rings (SSSR count). The Morgan fingerprint density at radius 1 is 1.15 bits per heavy atom. The predicted octanol–water partition coefficient (Wildman–Crippen LogP) is 1.42. The highest BCUT2D eigenvalue weighted by Gasteiger charge is 2.29. The normalized spacial score (nSPS) is 13.7. The van der Waals surface area contributed by atoms with Gasteiger partial charge in [0.25, 0.3) is 11.8 Å². The van der Waals surface area contributed by atoms with Crippen LogP contribution in [-0.4, -0.2) is 54.3 Å². The Balaban J connectivity index is 1.71. The summed E-state index contributed by atoms with van der Waals surface area (Å²) in [5, 5.41) is 12.1. The van der Waals surface area contributed by atoms with E-state index in [1.54, 1.807) is 23.7 Å². The lowest BCUT2D eigenvalue weighted by atomic mass is 10.1. The van der Waals surface area contributed by atoms with Gasteiger partial charge in [0.15, 0.2) is 11.5 Å². The van der Waals surface area contributed by atoms with Gasteiger partial charge in [-0.3, -0.25) is 14.3 Å². The summed E-state index contributed by atoms with van der Waals surface area (Å²) in [5.41, 5.74) is 3.09. The molecule has 3 aromatic rings. The number of fused-ring (bicyclic) bond motifs is 1. The minimum atomic E-state index is -0.418. The van der Waals surface area contributed by atoms with Crippen molar-refractivity contribution in [1.82, 2.24) is 29.4 Å². The van der Waals surface area contributed by atoms with E-state index in [0.717, 1.165) is 23.1 Å². The zero-order valence-electron chi connectivity index (χ0n) is 15.8. The maximum atomic E-state index is 13.0. The van der Waals surface area contributed by atoms with Crippen LogP contribution in [0.2, 0.25) is 0 Å². The molecule has 0 saturated carbocycles. The quantitative estimate of drug-likeness (QED) is 0.755. The molecule has 9 nitrogen and oxygen atoms in total. The van der Waals surface area contributed by atoms with E-state index < -0.39 is 5.91 Å². The molecule has 3 aromatic heterocycles. The molecule has 1 aliphatic rings. The average molecular weight is 367 g/mol. The van der Waals surface area contributed by atoms with Crippen LogP contribution in [0, 0.1) is 13.8 Å². The molecule has 0 atom stereocenters. The smallest absolute Gasteiger partial charge is 0.275 e. The Bertz CT molecular complexity index is 1080. The summed E-state index contributed by atoms with van der Waals surface area (Å²) in [6, 6.07) is 1.95. The summed E-state index contributed by atoms with van der Waals surface area (Å²) in [6.45, 7) is 5.30. The van der Waals surface area contributed by atoms with Crippen molar-refractivity contribution in [3.63, 3.8) is 0 Å². The summed E-state index contributed by atoms with van der Waals surface area (Å²) < 4.78 is 3.06. The Labute approximate surface area is 156 Å².